The van der Waals surface area contributed by atoms with E-state index < -0.39 is 0 Å². The molecule has 0 aromatic carbocycles. The van der Waals surface area contributed by atoms with Gasteiger partial charge in [0.15, 0.2) is 0 Å². The molecule has 2 heterocycles. The van der Waals surface area contributed by atoms with Crippen LogP contribution in [0.2, 0.25) is 0 Å². The lowest BCUT2D eigenvalue weighted by Gasteiger charge is -2.24. The monoisotopic (exact) mass is 208 g/mol. The van der Waals surface area contributed by atoms with E-state index in [4.69, 9.17) is 0 Å². The Bertz CT molecular complexity index is 213. The summed E-state index contributed by atoms with van der Waals surface area (Å²) in [4.78, 5) is 0. The second-order valence-corrected chi connectivity index (χ2v) is 3.99. The van der Waals surface area contributed by atoms with Crippen molar-refractivity contribution in [3.63, 3.8) is 0 Å². The van der Waals surface area contributed by atoms with Crippen LogP contribution >= 0.6 is 0 Å². The first-order valence-electron chi connectivity index (χ1n) is 5.74. The van der Waals surface area contributed by atoms with Crippen molar-refractivity contribution in [1.82, 2.24) is 21.3 Å². The minimum atomic E-state index is 0.453. The lowest BCUT2D eigenvalue weighted by molar-refractivity contribution is 0.384. The summed E-state index contributed by atoms with van der Waals surface area (Å²) in [5.74, 6) is 0. The number of rotatable bonds is 4. The fourth-order valence-electron chi connectivity index (χ4n) is 1.92. The van der Waals surface area contributed by atoms with E-state index in [1.165, 1.54) is 19.3 Å². The molecule has 0 radical (unpaired) electrons. The third-order valence-corrected chi connectivity index (χ3v) is 2.78. The Hall–Kier alpha value is -1.00. The third-order valence-electron chi connectivity index (χ3n) is 2.78. The van der Waals surface area contributed by atoms with Gasteiger partial charge in [-0.05, 0) is 31.7 Å². The Morgan fingerprint density at radius 2 is 1.40 bits per heavy atom. The molecule has 0 spiro atoms. The van der Waals surface area contributed by atoms with E-state index in [1.807, 2.05) is 12.4 Å². The Labute approximate surface area is 91.2 Å². The summed E-state index contributed by atoms with van der Waals surface area (Å²) < 4.78 is 0. The van der Waals surface area contributed by atoms with Crippen LogP contribution < -0.4 is 21.3 Å². The molecule has 0 saturated heterocycles. The van der Waals surface area contributed by atoms with Crippen molar-refractivity contribution in [3.05, 3.63) is 24.6 Å². The lowest BCUT2D eigenvalue weighted by Crippen LogP contribution is -2.44. The van der Waals surface area contributed by atoms with Gasteiger partial charge in [-0.25, -0.2) is 0 Å². The van der Waals surface area contributed by atoms with Crippen LogP contribution in [0, 0.1) is 0 Å². The number of nitrogens with one attached hydrogen (secondary N) is 4. The highest BCUT2D eigenvalue weighted by Crippen LogP contribution is 2.04. The van der Waals surface area contributed by atoms with E-state index in [9.17, 15) is 0 Å². The molecule has 0 amide bonds. The quantitative estimate of drug-likeness (QED) is 0.534. The van der Waals surface area contributed by atoms with E-state index in [0.717, 1.165) is 13.1 Å². The van der Waals surface area contributed by atoms with Gasteiger partial charge in [0.1, 0.15) is 0 Å². The summed E-state index contributed by atoms with van der Waals surface area (Å²) in [5, 5.41) is 13.4. The zero-order valence-corrected chi connectivity index (χ0v) is 9.00. The fourth-order valence-corrected chi connectivity index (χ4v) is 1.92. The first-order chi connectivity index (χ1) is 7.45. The molecule has 15 heavy (non-hydrogen) atoms. The van der Waals surface area contributed by atoms with Crippen LogP contribution in [-0.4, -0.2) is 25.4 Å². The highest BCUT2D eigenvalue weighted by atomic mass is 15.1. The van der Waals surface area contributed by atoms with E-state index in [0.29, 0.717) is 12.3 Å². The van der Waals surface area contributed by atoms with Crippen LogP contribution in [-0.2, 0) is 0 Å². The normalized spacial score (nSPS) is 29.6. The molecule has 84 valence electrons. The Morgan fingerprint density at radius 1 is 0.867 bits per heavy atom. The second-order valence-electron chi connectivity index (χ2n) is 3.99. The summed E-state index contributed by atoms with van der Waals surface area (Å²) in [7, 11) is 0. The van der Waals surface area contributed by atoms with Gasteiger partial charge in [-0.1, -0.05) is 12.2 Å². The van der Waals surface area contributed by atoms with E-state index in [-0.39, 0.29) is 0 Å². The van der Waals surface area contributed by atoms with Crippen molar-refractivity contribution in [2.24, 2.45) is 0 Å². The summed E-state index contributed by atoms with van der Waals surface area (Å²) in [6.45, 7) is 1.97. The van der Waals surface area contributed by atoms with Crippen molar-refractivity contribution >= 4 is 0 Å². The summed E-state index contributed by atoms with van der Waals surface area (Å²) >= 11 is 0. The van der Waals surface area contributed by atoms with Crippen molar-refractivity contribution < 1.29 is 0 Å². The van der Waals surface area contributed by atoms with Gasteiger partial charge in [-0.3, -0.25) is 10.6 Å². The molecule has 4 heteroatoms. The van der Waals surface area contributed by atoms with Crippen LogP contribution in [0.3, 0.4) is 0 Å². The van der Waals surface area contributed by atoms with Gasteiger partial charge in [0.25, 0.3) is 0 Å². The van der Waals surface area contributed by atoms with Gasteiger partial charge in [-0.2, -0.15) is 0 Å². The van der Waals surface area contributed by atoms with Gasteiger partial charge in [-0.15, -0.1) is 0 Å². The molecule has 2 aliphatic rings. The standard InChI is InChI=1S/C11H20N4/c1(4-10-12-6-2-7-13-10)5-11-14-8-3-9-15-11/h2-3,6,8,10-15H,1,4-5,7,9H2. The molecule has 2 aliphatic heterocycles. The average molecular weight is 208 g/mol. The Balaban J connectivity index is 1.57. The largest absolute Gasteiger partial charge is 0.376 e. The summed E-state index contributed by atoms with van der Waals surface area (Å²) in [6, 6.07) is 0. The van der Waals surface area contributed by atoms with Crippen molar-refractivity contribution in [2.75, 3.05) is 13.1 Å². The van der Waals surface area contributed by atoms with Crippen LogP contribution in [0.1, 0.15) is 19.3 Å². The zero-order chi connectivity index (χ0) is 10.3. The average Bonchev–Trinajstić information content (AvgIpc) is 2.32. The molecular weight excluding hydrogens is 188 g/mol. The topological polar surface area (TPSA) is 48.1 Å². The SMILES string of the molecule is C1=CNC(CCCC2NC=CCN2)NC1. The molecule has 0 aliphatic carbocycles. The molecule has 4 N–H and O–H groups in total. The first-order valence-corrected chi connectivity index (χ1v) is 5.74. The van der Waals surface area contributed by atoms with E-state index in [1.54, 1.807) is 0 Å². The molecule has 0 saturated carbocycles. The smallest absolute Gasteiger partial charge is 0.0765 e. The number of hydrogen-bond acceptors (Lipinski definition) is 4. The van der Waals surface area contributed by atoms with Gasteiger partial charge in [0.05, 0.1) is 12.3 Å². The lowest BCUT2D eigenvalue weighted by atomic mass is 10.1. The van der Waals surface area contributed by atoms with Crippen LogP contribution in [0.15, 0.2) is 24.6 Å². The van der Waals surface area contributed by atoms with E-state index >= 15 is 0 Å². The molecule has 0 bridgehead atoms. The molecular formula is C11H20N4. The van der Waals surface area contributed by atoms with Crippen LogP contribution in [0.25, 0.3) is 0 Å². The molecule has 0 aromatic heterocycles. The van der Waals surface area contributed by atoms with Crippen molar-refractivity contribution in [1.29, 1.82) is 0 Å². The van der Waals surface area contributed by atoms with Gasteiger partial charge < -0.3 is 10.6 Å². The van der Waals surface area contributed by atoms with Crippen molar-refractivity contribution in [2.45, 2.75) is 31.6 Å². The van der Waals surface area contributed by atoms with Gasteiger partial charge in [0, 0.05) is 13.1 Å². The first kappa shape index (κ1) is 10.5. The fraction of sp³-hybridized carbons (Fsp3) is 0.636. The van der Waals surface area contributed by atoms with Crippen LogP contribution in [0.5, 0.6) is 0 Å². The molecule has 2 unspecified atom stereocenters. The Kier molecular flexibility index (Phi) is 4.05. The summed E-state index contributed by atoms with van der Waals surface area (Å²) in [6.07, 6.45) is 12.8. The molecule has 0 fully saturated rings. The highest BCUT2D eigenvalue weighted by Gasteiger charge is 2.10. The van der Waals surface area contributed by atoms with E-state index in [2.05, 4.69) is 33.4 Å². The maximum absolute atomic E-state index is 3.40. The maximum atomic E-state index is 3.40. The molecule has 2 atom stereocenters. The minimum absolute atomic E-state index is 0.453. The number of hydrogen-bond donors (Lipinski definition) is 4. The van der Waals surface area contributed by atoms with Crippen LogP contribution in [0.4, 0.5) is 0 Å². The minimum Gasteiger partial charge on any atom is -0.376 e. The predicted molar refractivity (Wildman–Crippen MR) is 62.0 cm³/mol. The summed E-state index contributed by atoms with van der Waals surface area (Å²) in [5.41, 5.74) is 0. The van der Waals surface area contributed by atoms with Crippen molar-refractivity contribution in [3.8, 4) is 0 Å². The molecule has 0 aromatic rings. The maximum Gasteiger partial charge on any atom is 0.0765 e. The predicted octanol–water partition coefficient (Wildman–Crippen LogP) is 0.222. The molecule has 2 rings (SSSR count). The highest BCUT2D eigenvalue weighted by molar-refractivity contribution is 4.92. The van der Waals surface area contributed by atoms with Gasteiger partial charge >= 0.3 is 0 Å². The zero-order valence-electron chi connectivity index (χ0n) is 9.00. The molecule has 4 nitrogen and oxygen atoms in total. The Morgan fingerprint density at radius 3 is 1.80 bits per heavy atom. The van der Waals surface area contributed by atoms with Gasteiger partial charge in [0.2, 0.25) is 0 Å². The second kappa shape index (κ2) is 5.78. The third kappa shape index (κ3) is 3.57.